The lowest BCUT2D eigenvalue weighted by atomic mass is 10.0. The molecule has 0 amide bonds. The van der Waals surface area contributed by atoms with Gasteiger partial charge in [-0.15, -0.1) is 0 Å². The van der Waals surface area contributed by atoms with Crippen LogP contribution < -0.4 is 4.74 Å². The maximum atomic E-state index is 13.4. The lowest BCUT2D eigenvalue weighted by Gasteiger charge is -2.12. The van der Waals surface area contributed by atoms with Crippen LogP contribution in [-0.4, -0.2) is 6.61 Å². The Bertz CT molecular complexity index is 534. The van der Waals surface area contributed by atoms with Gasteiger partial charge in [0, 0.05) is 4.47 Å². The zero-order valence-electron chi connectivity index (χ0n) is 10.4. The van der Waals surface area contributed by atoms with Crippen LogP contribution in [0, 0.1) is 5.82 Å². The molecular weight excluding hydrogens is 375 g/mol. The third kappa shape index (κ3) is 3.80. The summed E-state index contributed by atoms with van der Waals surface area (Å²) in [7, 11) is 0. The van der Waals surface area contributed by atoms with Gasteiger partial charge in [-0.2, -0.15) is 0 Å². The lowest BCUT2D eigenvalue weighted by molar-refractivity contribution is 0.340. The standard InChI is InChI=1S/C15H13Br2FO/c1-2-19-14-5-3-10(4-6-14)15(17)11-7-12(16)9-13(18)8-11/h3-9,15H,2H2,1H3. The van der Waals surface area contributed by atoms with Crippen LogP contribution in [0.1, 0.15) is 22.9 Å². The Kier molecular flexibility index (Phi) is 4.99. The number of benzene rings is 2. The molecule has 2 aromatic rings. The highest BCUT2D eigenvalue weighted by Gasteiger charge is 2.12. The Hall–Kier alpha value is -0.870. The lowest BCUT2D eigenvalue weighted by Crippen LogP contribution is -1.95. The van der Waals surface area contributed by atoms with Crippen molar-refractivity contribution in [3.8, 4) is 5.75 Å². The maximum Gasteiger partial charge on any atom is 0.124 e. The number of halogens is 3. The highest BCUT2D eigenvalue weighted by molar-refractivity contribution is 9.10. The second kappa shape index (κ2) is 6.53. The summed E-state index contributed by atoms with van der Waals surface area (Å²) in [6.45, 7) is 2.60. The molecule has 0 bridgehead atoms. The van der Waals surface area contributed by atoms with Crippen molar-refractivity contribution < 1.29 is 9.13 Å². The molecule has 2 aromatic carbocycles. The van der Waals surface area contributed by atoms with E-state index in [0.29, 0.717) is 6.61 Å². The molecular formula is C15H13Br2FO. The predicted molar refractivity (Wildman–Crippen MR) is 82.5 cm³/mol. The summed E-state index contributed by atoms with van der Waals surface area (Å²) < 4.78 is 19.5. The van der Waals surface area contributed by atoms with Gasteiger partial charge in [0.1, 0.15) is 11.6 Å². The van der Waals surface area contributed by atoms with Gasteiger partial charge in [0.25, 0.3) is 0 Å². The summed E-state index contributed by atoms with van der Waals surface area (Å²) in [4.78, 5) is -0.0461. The molecule has 0 saturated heterocycles. The van der Waals surface area contributed by atoms with Crippen molar-refractivity contribution in [2.75, 3.05) is 6.61 Å². The van der Waals surface area contributed by atoms with Gasteiger partial charge in [-0.05, 0) is 48.4 Å². The van der Waals surface area contributed by atoms with Gasteiger partial charge in [0.15, 0.2) is 0 Å². The fourth-order valence-electron chi connectivity index (χ4n) is 1.81. The second-order valence-electron chi connectivity index (χ2n) is 4.07. The van der Waals surface area contributed by atoms with Crippen molar-refractivity contribution >= 4 is 31.9 Å². The molecule has 1 unspecified atom stereocenters. The first-order valence-electron chi connectivity index (χ1n) is 5.93. The minimum Gasteiger partial charge on any atom is -0.494 e. The highest BCUT2D eigenvalue weighted by Crippen LogP contribution is 2.33. The minimum absolute atomic E-state index is 0.0461. The fourth-order valence-corrected chi connectivity index (χ4v) is 2.87. The molecule has 0 spiro atoms. The molecule has 1 nitrogen and oxygen atoms in total. The van der Waals surface area contributed by atoms with Crippen molar-refractivity contribution in [3.63, 3.8) is 0 Å². The molecule has 2 rings (SSSR count). The van der Waals surface area contributed by atoms with E-state index in [1.165, 1.54) is 12.1 Å². The van der Waals surface area contributed by atoms with E-state index in [0.717, 1.165) is 21.3 Å². The summed E-state index contributed by atoms with van der Waals surface area (Å²) in [5, 5.41) is 0. The minimum atomic E-state index is -0.250. The molecule has 0 N–H and O–H groups in total. The average Bonchev–Trinajstić information content (AvgIpc) is 2.38. The third-order valence-electron chi connectivity index (χ3n) is 2.66. The van der Waals surface area contributed by atoms with Crippen LogP contribution in [0.4, 0.5) is 4.39 Å². The first-order chi connectivity index (χ1) is 9.10. The van der Waals surface area contributed by atoms with Gasteiger partial charge in [-0.1, -0.05) is 44.0 Å². The van der Waals surface area contributed by atoms with Crippen LogP contribution >= 0.6 is 31.9 Å². The van der Waals surface area contributed by atoms with Crippen molar-refractivity contribution in [2.24, 2.45) is 0 Å². The van der Waals surface area contributed by atoms with E-state index < -0.39 is 0 Å². The molecule has 19 heavy (non-hydrogen) atoms. The molecule has 4 heteroatoms. The molecule has 0 aliphatic rings. The number of hydrogen-bond acceptors (Lipinski definition) is 1. The average molecular weight is 388 g/mol. The molecule has 100 valence electrons. The van der Waals surface area contributed by atoms with Crippen LogP contribution in [0.25, 0.3) is 0 Å². The number of ether oxygens (including phenoxy) is 1. The largest absolute Gasteiger partial charge is 0.494 e. The molecule has 0 aromatic heterocycles. The Morgan fingerprint density at radius 1 is 1.11 bits per heavy atom. The van der Waals surface area contributed by atoms with E-state index in [-0.39, 0.29) is 10.6 Å². The SMILES string of the molecule is CCOc1ccc(C(Br)c2cc(F)cc(Br)c2)cc1. The first kappa shape index (κ1) is 14.5. The first-order valence-corrected chi connectivity index (χ1v) is 7.64. The smallest absolute Gasteiger partial charge is 0.124 e. The van der Waals surface area contributed by atoms with Gasteiger partial charge in [0.2, 0.25) is 0 Å². The van der Waals surface area contributed by atoms with Crippen LogP contribution in [0.15, 0.2) is 46.9 Å². The van der Waals surface area contributed by atoms with Gasteiger partial charge < -0.3 is 4.74 Å². The second-order valence-corrected chi connectivity index (χ2v) is 5.90. The van der Waals surface area contributed by atoms with Gasteiger partial charge in [0.05, 0.1) is 11.4 Å². The molecule has 0 fully saturated rings. The Morgan fingerprint density at radius 3 is 2.37 bits per heavy atom. The van der Waals surface area contributed by atoms with E-state index in [1.54, 1.807) is 0 Å². The monoisotopic (exact) mass is 386 g/mol. The van der Waals surface area contributed by atoms with Gasteiger partial charge in [-0.3, -0.25) is 0 Å². The highest BCUT2D eigenvalue weighted by atomic mass is 79.9. The van der Waals surface area contributed by atoms with Crippen molar-refractivity contribution in [3.05, 3.63) is 63.9 Å². The van der Waals surface area contributed by atoms with E-state index in [1.807, 2.05) is 37.3 Å². The van der Waals surface area contributed by atoms with E-state index in [9.17, 15) is 4.39 Å². The molecule has 1 atom stereocenters. The van der Waals surface area contributed by atoms with Crippen LogP contribution in [0.2, 0.25) is 0 Å². The molecule has 0 saturated carbocycles. The number of hydrogen-bond donors (Lipinski definition) is 0. The Morgan fingerprint density at radius 2 is 1.79 bits per heavy atom. The summed E-state index contributed by atoms with van der Waals surface area (Å²) >= 11 is 6.90. The molecule has 0 heterocycles. The topological polar surface area (TPSA) is 9.23 Å². The van der Waals surface area contributed by atoms with Crippen molar-refractivity contribution in [1.82, 2.24) is 0 Å². The number of alkyl halides is 1. The van der Waals surface area contributed by atoms with Gasteiger partial charge in [-0.25, -0.2) is 4.39 Å². The summed E-state index contributed by atoms with van der Waals surface area (Å²) in [5.74, 6) is 0.589. The van der Waals surface area contributed by atoms with E-state index in [2.05, 4.69) is 31.9 Å². The van der Waals surface area contributed by atoms with Gasteiger partial charge >= 0.3 is 0 Å². The number of rotatable bonds is 4. The zero-order chi connectivity index (χ0) is 13.8. The molecule has 0 aliphatic heterocycles. The summed E-state index contributed by atoms with van der Waals surface area (Å²) in [6.07, 6.45) is 0. The summed E-state index contributed by atoms with van der Waals surface area (Å²) in [6, 6.07) is 12.7. The van der Waals surface area contributed by atoms with Crippen LogP contribution in [0.3, 0.4) is 0 Å². The molecule has 0 aliphatic carbocycles. The zero-order valence-corrected chi connectivity index (χ0v) is 13.5. The quantitative estimate of drug-likeness (QED) is 0.632. The predicted octanol–water partition coefficient (Wildman–Crippen LogP) is 5.47. The normalized spacial score (nSPS) is 12.2. The van der Waals surface area contributed by atoms with E-state index >= 15 is 0 Å². The summed E-state index contributed by atoms with van der Waals surface area (Å²) in [5.41, 5.74) is 1.93. The van der Waals surface area contributed by atoms with Crippen molar-refractivity contribution in [1.29, 1.82) is 0 Å². The maximum absolute atomic E-state index is 13.4. The van der Waals surface area contributed by atoms with Crippen LogP contribution in [-0.2, 0) is 0 Å². The van der Waals surface area contributed by atoms with Crippen molar-refractivity contribution in [2.45, 2.75) is 11.8 Å². The molecule has 0 radical (unpaired) electrons. The third-order valence-corrected chi connectivity index (χ3v) is 4.18. The Balaban J connectivity index is 2.25. The van der Waals surface area contributed by atoms with E-state index in [4.69, 9.17) is 4.74 Å². The Labute approximate surface area is 129 Å². The fraction of sp³-hybridized carbons (Fsp3) is 0.200. The van der Waals surface area contributed by atoms with Crippen LogP contribution in [0.5, 0.6) is 5.75 Å².